The average molecular weight is 279 g/mol. The van der Waals surface area contributed by atoms with Gasteiger partial charge in [0.15, 0.2) is 0 Å². The third-order valence-electron chi connectivity index (χ3n) is 1.84. The lowest BCUT2D eigenvalue weighted by Crippen LogP contribution is -2.15. The second-order valence-electron chi connectivity index (χ2n) is 3.31. The molecule has 2 nitrogen and oxygen atoms in total. The molecule has 0 saturated heterocycles. The van der Waals surface area contributed by atoms with Crippen molar-refractivity contribution in [3.05, 3.63) is 27.2 Å². The molecule has 0 spiro atoms. The van der Waals surface area contributed by atoms with Gasteiger partial charge in [-0.3, -0.25) is 0 Å². The Morgan fingerprint density at radius 1 is 1.57 bits per heavy atom. The van der Waals surface area contributed by atoms with E-state index < -0.39 is 0 Å². The summed E-state index contributed by atoms with van der Waals surface area (Å²) in [5.41, 5.74) is 1.93. The Hall–Kier alpha value is -0.250. The maximum Gasteiger partial charge on any atom is 0.0684 e. The molecule has 0 heterocycles. The molecule has 0 radical (unpaired) electrons. The van der Waals surface area contributed by atoms with Crippen LogP contribution in [0.15, 0.2) is 16.6 Å². The van der Waals surface area contributed by atoms with E-state index in [0.29, 0.717) is 6.54 Å². The van der Waals surface area contributed by atoms with Crippen LogP contribution in [0, 0.1) is 6.92 Å². The van der Waals surface area contributed by atoms with Crippen LogP contribution in [0.2, 0.25) is 5.02 Å². The number of nitrogens with one attached hydrogen (secondary N) is 1. The molecule has 0 bridgehead atoms. The number of hydrogen-bond acceptors (Lipinski definition) is 2. The quantitative estimate of drug-likeness (QED) is 0.890. The van der Waals surface area contributed by atoms with E-state index in [2.05, 4.69) is 21.2 Å². The summed E-state index contributed by atoms with van der Waals surface area (Å²) in [4.78, 5) is 0. The zero-order valence-corrected chi connectivity index (χ0v) is 10.5. The number of aliphatic hydroxyl groups excluding tert-OH is 1. The van der Waals surface area contributed by atoms with E-state index in [4.69, 9.17) is 16.7 Å². The monoisotopic (exact) mass is 277 g/mol. The Morgan fingerprint density at radius 2 is 2.21 bits per heavy atom. The maximum atomic E-state index is 9.12. The normalized spacial score (nSPS) is 12.6. The van der Waals surface area contributed by atoms with Crippen LogP contribution in [0.1, 0.15) is 12.5 Å². The topological polar surface area (TPSA) is 32.3 Å². The van der Waals surface area contributed by atoms with Crippen LogP contribution < -0.4 is 5.32 Å². The van der Waals surface area contributed by atoms with Gasteiger partial charge in [0.25, 0.3) is 0 Å². The molecule has 4 heteroatoms. The number of anilines is 1. The van der Waals surface area contributed by atoms with E-state index in [1.54, 1.807) is 6.92 Å². The molecule has 0 fully saturated rings. The summed E-state index contributed by atoms with van der Waals surface area (Å²) in [7, 11) is 0. The highest BCUT2D eigenvalue weighted by molar-refractivity contribution is 9.10. The van der Waals surface area contributed by atoms with Crippen LogP contribution in [0.4, 0.5) is 5.69 Å². The predicted molar refractivity (Wildman–Crippen MR) is 64.1 cm³/mol. The van der Waals surface area contributed by atoms with E-state index in [0.717, 1.165) is 20.7 Å². The van der Waals surface area contributed by atoms with Crippen molar-refractivity contribution in [1.29, 1.82) is 0 Å². The molecule has 0 unspecified atom stereocenters. The van der Waals surface area contributed by atoms with E-state index in [-0.39, 0.29) is 6.10 Å². The van der Waals surface area contributed by atoms with Crippen molar-refractivity contribution in [2.75, 3.05) is 11.9 Å². The lowest BCUT2D eigenvalue weighted by molar-refractivity contribution is 0.208. The highest BCUT2D eigenvalue weighted by Gasteiger charge is 2.04. The van der Waals surface area contributed by atoms with Crippen LogP contribution in [-0.4, -0.2) is 17.8 Å². The smallest absolute Gasteiger partial charge is 0.0684 e. The first-order valence-electron chi connectivity index (χ1n) is 4.38. The van der Waals surface area contributed by atoms with Crippen LogP contribution in [0.25, 0.3) is 0 Å². The number of benzene rings is 1. The summed E-state index contributed by atoms with van der Waals surface area (Å²) in [5.74, 6) is 0. The molecule has 0 aromatic heterocycles. The highest BCUT2D eigenvalue weighted by Crippen LogP contribution is 2.28. The molecule has 0 aliphatic rings. The Labute approximate surface area is 97.4 Å². The molecule has 0 aliphatic heterocycles. The molecule has 1 aromatic rings. The van der Waals surface area contributed by atoms with Crippen molar-refractivity contribution >= 4 is 33.2 Å². The van der Waals surface area contributed by atoms with Crippen molar-refractivity contribution < 1.29 is 5.11 Å². The van der Waals surface area contributed by atoms with E-state index in [1.807, 2.05) is 19.1 Å². The second kappa shape index (κ2) is 5.01. The average Bonchev–Trinajstić information content (AvgIpc) is 2.09. The summed E-state index contributed by atoms with van der Waals surface area (Å²) >= 11 is 9.41. The molecule has 78 valence electrons. The van der Waals surface area contributed by atoms with Crippen LogP contribution >= 0.6 is 27.5 Å². The minimum Gasteiger partial charge on any atom is -0.392 e. The summed E-state index contributed by atoms with van der Waals surface area (Å²) in [6, 6.07) is 3.80. The Balaban J connectivity index is 2.82. The van der Waals surface area contributed by atoms with Gasteiger partial charge >= 0.3 is 0 Å². The Bertz CT molecular complexity index is 328. The fraction of sp³-hybridized carbons (Fsp3) is 0.400. The SMILES string of the molecule is Cc1cc(Br)c(NC[C@@H](C)O)cc1Cl. The van der Waals surface area contributed by atoms with Crippen LogP contribution in [-0.2, 0) is 0 Å². The van der Waals surface area contributed by atoms with E-state index >= 15 is 0 Å². The summed E-state index contributed by atoms with van der Waals surface area (Å²) in [6.07, 6.45) is -0.373. The summed E-state index contributed by atoms with van der Waals surface area (Å²) < 4.78 is 0.958. The first kappa shape index (κ1) is 11.8. The maximum absolute atomic E-state index is 9.12. The molecule has 0 aliphatic carbocycles. The summed E-state index contributed by atoms with van der Waals surface area (Å²) in [6.45, 7) is 4.19. The minimum absolute atomic E-state index is 0.373. The molecule has 1 rings (SSSR count). The van der Waals surface area contributed by atoms with Gasteiger partial charge in [0.05, 0.1) is 11.8 Å². The Morgan fingerprint density at radius 3 is 2.79 bits per heavy atom. The highest BCUT2D eigenvalue weighted by atomic mass is 79.9. The number of aryl methyl sites for hydroxylation is 1. The Kier molecular flexibility index (Phi) is 4.23. The third kappa shape index (κ3) is 3.15. The van der Waals surface area contributed by atoms with Gasteiger partial charge in [0.1, 0.15) is 0 Å². The van der Waals surface area contributed by atoms with E-state index in [9.17, 15) is 0 Å². The number of hydrogen-bond donors (Lipinski definition) is 2. The fourth-order valence-electron chi connectivity index (χ4n) is 1.04. The molecule has 1 atom stereocenters. The molecule has 0 amide bonds. The number of rotatable bonds is 3. The van der Waals surface area contributed by atoms with Crippen molar-refractivity contribution in [3.8, 4) is 0 Å². The molecule has 1 aromatic carbocycles. The predicted octanol–water partition coefficient (Wildman–Crippen LogP) is 3.20. The second-order valence-corrected chi connectivity index (χ2v) is 4.57. The van der Waals surface area contributed by atoms with Gasteiger partial charge < -0.3 is 10.4 Å². The fourth-order valence-corrected chi connectivity index (χ4v) is 1.80. The minimum atomic E-state index is -0.373. The van der Waals surface area contributed by atoms with Gasteiger partial charge in [-0.05, 0) is 47.5 Å². The first-order chi connectivity index (χ1) is 6.50. The lowest BCUT2D eigenvalue weighted by atomic mass is 10.2. The van der Waals surface area contributed by atoms with Crippen molar-refractivity contribution in [3.63, 3.8) is 0 Å². The zero-order valence-electron chi connectivity index (χ0n) is 8.14. The number of halogens is 2. The van der Waals surface area contributed by atoms with Crippen LogP contribution in [0.5, 0.6) is 0 Å². The first-order valence-corrected chi connectivity index (χ1v) is 5.55. The molecule has 2 N–H and O–H groups in total. The van der Waals surface area contributed by atoms with Gasteiger partial charge in [-0.1, -0.05) is 11.6 Å². The van der Waals surface area contributed by atoms with Gasteiger partial charge in [0, 0.05) is 16.0 Å². The third-order valence-corrected chi connectivity index (χ3v) is 2.90. The van der Waals surface area contributed by atoms with Crippen LogP contribution in [0.3, 0.4) is 0 Å². The molecule has 14 heavy (non-hydrogen) atoms. The van der Waals surface area contributed by atoms with Gasteiger partial charge in [-0.2, -0.15) is 0 Å². The van der Waals surface area contributed by atoms with Crippen molar-refractivity contribution in [2.24, 2.45) is 0 Å². The largest absolute Gasteiger partial charge is 0.392 e. The van der Waals surface area contributed by atoms with Gasteiger partial charge in [0.2, 0.25) is 0 Å². The number of aliphatic hydroxyl groups is 1. The van der Waals surface area contributed by atoms with Gasteiger partial charge in [-0.15, -0.1) is 0 Å². The molecule has 0 saturated carbocycles. The molecular formula is C10H13BrClNO. The van der Waals surface area contributed by atoms with Crippen molar-refractivity contribution in [1.82, 2.24) is 0 Å². The van der Waals surface area contributed by atoms with E-state index in [1.165, 1.54) is 0 Å². The molecular weight excluding hydrogens is 265 g/mol. The summed E-state index contributed by atoms with van der Waals surface area (Å²) in [5, 5.41) is 12.9. The van der Waals surface area contributed by atoms with Crippen molar-refractivity contribution in [2.45, 2.75) is 20.0 Å². The lowest BCUT2D eigenvalue weighted by Gasteiger charge is -2.11. The zero-order chi connectivity index (χ0) is 10.7. The standard InChI is InChI=1S/C10H13BrClNO/c1-6-3-8(11)10(4-9(6)12)13-5-7(2)14/h3-4,7,13-14H,5H2,1-2H3/t7-/m1/s1. The van der Waals surface area contributed by atoms with Gasteiger partial charge in [-0.25, -0.2) is 0 Å².